The maximum absolute atomic E-state index is 12.9. The normalized spacial score (nSPS) is 17.4. The van der Waals surface area contributed by atoms with Crippen LogP contribution in [-0.4, -0.2) is 40.1 Å². The lowest BCUT2D eigenvalue weighted by Crippen LogP contribution is -2.46. The van der Waals surface area contributed by atoms with Gasteiger partial charge in [-0.15, -0.1) is 0 Å². The van der Waals surface area contributed by atoms with Gasteiger partial charge in [0.25, 0.3) is 0 Å². The number of carbonyl (C=O) groups is 1. The van der Waals surface area contributed by atoms with Crippen LogP contribution in [0.5, 0.6) is 5.88 Å². The van der Waals surface area contributed by atoms with Gasteiger partial charge in [-0.2, -0.15) is 4.98 Å². The first-order chi connectivity index (χ1) is 11.6. The number of ether oxygens (including phenoxy) is 1. The maximum Gasteiger partial charge on any atom is 0.321 e. The lowest BCUT2D eigenvalue weighted by molar-refractivity contribution is 0.102. The summed E-state index contributed by atoms with van der Waals surface area (Å²) in [5.74, 6) is 0.835. The molecule has 126 valence electrons. The van der Waals surface area contributed by atoms with E-state index < -0.39 is 0 Å². The second-order valence-electron chi connectivity index (χ2n) is 5.71. The Morgan fingerprint density at radius 2 is 2.12 bits per heavy atom. The standard InChI is InChI=1S/C17H19FN4O2/c1-12-19-9-8-16(20-12)24-15-3-2-10-22(11-15)17(23)21-14-6-4-13(18)5-7-14/h4-9,15H,2-3,10-11H2,1H3,(H,21,23). The maximum atomic E-state index is 12.9. The van der Waals surface area contributed by atoms with E-state index in [2.05, 4.69) is 15.3 Å². The molecule has 6 nitrogen and oxygen atoms in total. The molecule has 0 bridgehead atoms. The van der Waals surface area contributed by atoms with Gasteiger partial charge in [0.05, 0.1) is 6.54 Å². The Kier molecular flexibility index (Phi) is 4.88. The number of nitrogens with zero attached hydrogens (tertiary/aromatic N) is 3. The summed E-state index contributed by atoms with van der Waals surface area (Å²) in [4.78, 5) is 22.3. The first-order valence-corrected chi connectivity index (χ1v) is 7.88. The second kappa shape index (κ2) is 7.25. The number of amides is 2. The van der Waals surface area contributed by atoms with Gasteiger partial charge in [0.15, 0.2) is 0 Å². The number of piperidine rings is 1. The zero-order valence-corrected chi connectivity index (χ0v) is 13.4. The third-order valence-electron chi connectivity index (χ3n) is 3.80. The first-order valence-electron chi connectivity index (χ1n) is 7.88. The van der Waals surface area contributed by atoms with Crippen LogP contribution in [0, 0.1) is 12.7 Å². The summed E-state index contributed by atoms with van der Waals surface area (Å²) in [6.07, 6.45) is 3.26. The van der Waals surface area contributed by atoms with Crippen LogP contribution < -0.4 is 10.1 Å². The van der Waals surface area contributed by atoms with Crippen LogP contribution in [-0.2, 0) is 0 Å². The van der Waals surface area contributed by atoms with E-state index in [1.54, 1.807) is 24.1 Å². The van der Waals surface area contributed by atoms with Crippen LogP contribution in [0.1, 0.15) is 18.7 Å². The Balaban J connectivity index is 1.58. The van der Waals surface area contributed by atoms with Gasteiger partial charge in [-0.05, 0) is 44.0 Å². The number of aromatic nitrogens is 2. The molecule has 7 heteroatoms. The van der Waals surface area contributed by atoms with Gasteiger partial charge in [0, 0.05) is 24.5 Å². The van der Waals surface area contributed by atoms with E-state index in [0.29, 0.717) is 30.5 Å². The fourth-order valence-corrected chi connectivity index (χ4v) is 2.63. The third-order valence-corrected chi connectivity index (χ3v) is 3.80. The van der Waals surface area contributed by atoms with Crippen LogP contribution in [0.15, 0.2) is 36.5 Å². The summed E-state index contributed by atoms with van der Waals surface area (Å²) in [5, 5.41) is 2.77. The Labute approximate surface area is 139 Å². The molecule has 1 fully saturated rings. The van der Waals surface area contributed by atoms with Gasteiger partial charge in [-0.1, -0.05) is 0 Å². The van der Waals surface area contributed by atoms with Crippen molar-refractivity contribution in [1.82, 2.24) is 14.9 Å². The number of benzene rings is 1. The van der Waals surface area contributed by atoms with Gasteiger partial charge in [0.1, 0.15) is 17.7 Å². The molecule has 1 atom stereocenters. The molecule has 3 rings (SSSR count). The Morgan fingerprint density at radius 3 is 2.88 bits per heavy atom. The van der Waals surface area contributed by atoms with E-state index in [1.165, 1.54) is 24.3 Å². The van der Waals surface area contributed by atoms with Crippen LogP contribution in [0.4, 0.5) is 14.9 Å². The molecule has 1 aromatic heterocycles. The number of rotatable bonds is 3. The molecule has 1 aliphatic rings. The van der Waals surface area contributed by atoms with Gasteiger partial charge >= 0.3 is 6.03 Å². The number of urea groups is 1. The average molecular weight is 330 g/mol. The molecule has 0 aliphatic carbocycles. The van der Waals surface area contributed by atoms with Crippen molar-refractivity contribution < 1.29 is 13.9 Å². The topological polar surface area (TPSA) is 67.3 Å². The van der Waals surface area contributed by atoms with Crippen molar-refractivity contribution in [3.05, 3.63) is 48.2 Å². The minimum absolute atomic E-state index is 0.105. The molecule has 1 saturated heterocycles. The molecular formula is C17H19FN4O2. The summed E-state index contributed by atoms with van der Waals surface area (Å²) < 4.78 is 18.8. The Morgan fingerprint density at radius 1 is 1.33 bits per heavy atom. The number of halogens is 1. The molecule has 1 unspecified atom stereocenters. The molecular weight excluding hydrogens is 311 g/mol. The Hall–Kier alpha value is -2.70. The van der Waals surface area contributed by atoms with Gasteiger partial charge in [-0.3, -0.25) is 0 Å². The lowest BCUT2D eigenvalue weighted by atomic mass is 10.1. The summed E-state index contributed by atoms with van der Waals surface area (Å²) in [6, 6.07) is 7.20. The van der Waals surface area contributed by atoms with E-state index in [-0.39, 0.29) is 18.0 Å². The molecule has 1 N–H and O–H groups in total. The number of nitrogens with one attached hydrogen (secondary N) is 1. The van der Waals surface area contributed by atoms with Crippen molar-refractivity contribution >= 4 is 11.7 Å². The second-order valence-corrected chi connectivity index (χ2v) is 5.71. The summed E-state index contributed by atoms with van der Waals surface area (Å²) in [6.45, 7) is 2.95. The van der Waals surface area contributed by atoms with Crippen molar-refractivity contribution in [2.75, 3.05) is 18.4 Å². The van der Waals surface area contributed by atoms with Crippen molar-refractivity contribution in [2.45, 2.75) is 25.9 Å². The number of hydrogen-bond donors (Lipinski definition) is 1. The van der Waals surface area contributed by atoms with Gasteiger partial charge in [0.2, 0.25) is 5.88 Å². The highest BCUT2D eigenvalue weighted by Crippen LogP contribution is 2.18. The average Bonchev–Trinajstić information content (AvgIpc) is 2.57. The van der Waals surface area contributed by atoms with Crippen molar-refractivity contribution in [1.29, 1.82) is 0 Å². The van der Waals surface area contributed by atoms with E-state index >= 15 is 0 Å². The molecule has 1 aromatic carbocycles. The van der Waals surface area contributed by atoms with Crippen LogP contribution in [0.2, 0.25) is 0 Å². The summed E-state index contributed by atoms with van der Waals surface area (Å²) >= 11 is 0. The third kappa shape index (κ3) is 4.18. The first kappa shape index (κ1) is 16.2. The largest absolute Gasteiger partial charge is 0.472 e. The molecule has 0 radical (unpaired) electrons. The minimum Gasteiger partial charge on any atom is -0.472 e. The summed E-state index contributed by atoms with van der Waals surface area (Å²) in [5.41, 5.74) is 0.566. The molecule has 2 aromatic rings. The van der Waals surface area contributed by atoms with E-state index in [9.17, 15) is 9.18 Å². The monoisotopic (exact) mass is 330 g/mol. The van der Waals surface area contributed by atoms with Crippen LogP contribution >= 0.6 is 0 Å². The lowest BCUT2D eigenvalue weighted by Gasteiger charge is -2.32. The minimum atomic E-state index is -0.334. The van der Waals surface area contributed by atoms with E-state index in [4.69, 9.17) is 4.74 Å². The predicted molar refractivity (Wildman–Crippen MR) is 87.4 cm³/mol. The molecule has 0 saturated carbocycles. The number of aryl methyl sites for hydroxylation is 1. The smallest absolute Gasteiger partial charge is 0.321 e. The number of hydrogen-bond acceptors (Lipinski definition) is 4. The summed E-state index contributed by atoms with van der Waals surface area (Å²) in [7, 11) is 0. The Bertz CT molecular complexity index is 708. The van der Waals surface area contributed by atoms with Crippen molar-refractivity contribution in [3.8, 4) is 5.88 Å². The molecule has 24 heavy (non-hydrogen) atoms. The fourth-order valence-electron chi connectivity index (χ4n) is 2.63. The van der Waals surface area contributed by atoms with Crippen LogP contribution in [0.25, 0.3) is 0 Å². The van der Waals surface area contributed by atoms with Crippen molar-refractivity contribution in [3.63, 3.8) is 0 Å². The van der Waals surface area contributed by atoms with E-state index in [1.807, 2.05) is 0 Å². The predicted octanol–water partition coefficient (Wildman–Crippen LogP) is 3.00. The zero-order valence-electron chi connectivity index (χ0n) is 13.4. The molecule has 2 amide bonds. The van der Waals surface area contributed by atoms with E-state index in [0.717, 1.165) is 12.8 Å². The molecule has 2 heterocycles. The molecule has 1 aliphatic heterocycles. The highest BCUT2D eigenvalue weighted by molar-refractivity contribution is 5.89. The zero-order chi connectivity index (χ0) is 16.9. The van der Waals surface area contributed by atoms with Crippen molar-refractivity contribution in [2.24, 2.45) is 0 Å². The molecule has 0 spiro atoms. The van der Waals surface area contributed by atoms with Crippen LogP contribution in [0.3, 0.4) is 0 Å². The number of likely N-dealkylation sites (tertiary alicyclic amines) is 1. The SMILES string of the molecule is Cc1nccc(OC2CCCN(C(=O)Nc3ccc(F)cc3)C2)n1. The highest BCUT2D eigenvalue weighted by atomic mass is 19.1. The van der Waals surface area contributed by atoms with Gasteiger partial charge in [-0.25, -0.2) is 14.2 Å². The van der Waals surface area contributed by atoms with Gasteiger partial charge < -0.3 is 15.0 Å². The quantitative estimate of drug-likeness (QED) is 0.939. The number of anilines is 1. The fraction of sp³-hybridized carbons (Fsp3) is 0.353. The highest BCUT2D eigenvalue weighted by Gasteiger charge is 2.25. The number of carbonyl (C=O) groups excluding carboxylic acids is 1.